The maximum absolute atomic E-state index is 12.5. The summed E-state index contributed by atoms with van der Waals surface area (Å²) in [6.07, 6.45) is -3.89. The van der Waals surface area contributed by atoms with Gasteiger partial charge < -0.3 is 10.0 Å². The Morgan fingerprint density at radius 3 is 2.43 bits per heavy atom. The molecule has 1 heterocycles. The van der Waals surface area contributed by atoms with Crippen LogP contribution in [0.15, 0.2) is 24.3 Å². The first-order valence-electron chi connectivity index (χ1n) is 6.56. The average Bonchev–Trinajstić information content (AvgIpc) is 2.79. The van der Waals surface area contributed by atoms with Crippen LogP contribution >= 0.6 is 0 Å². The van der Waals surface area contributed by atoms with Crippen LogP contribution in [0.3, 0.4) is 0 Å². The van der Waals surface area contributed by atoms with Crippen LogP contribution in [-0.2, 0) is 17.5 Å². The molecule has 7 heteroatoms. The molecule has 1 aliphatic heterocycles. The molecule has 1 aromatic carbocycles. The van der Waals surface area contributed by atoms with Gasteiger partial charge in [-0.2, -0.15) is 13.2 Å². The summed E-state index contributed by atoms with van der Waals surface area (Å²) < 4.78 is 37.4. The van der Waals surface area contributed by atoms with Crippen molar-refractivity contribution in [2.75, 3.05) is 20.1 Å². The zero-order valence-corrected chi connectivity index (χ0v) is 11.6. The van der Waals surface area contributed by atoms with Crippen LogP contribution in [0.4, 0.5) is 13.2 Å². The quantitative estimate of drug-likeness (QED) is 0.892. The minimum atomic E-state index is -4.36. The van der Waals surface area contributed by atoms with E-state index >= 15 is 0 Å². The molecule has 21 heavy (non-hydrogen) atoms. The largest absolute Gasteiger partial charge is 0.480 e. The lowest BCUT2D eigenvalue weighted by atomic mass is 9.98. The zero-order chi connectivity index (χ0) is 15.7. The van der Waals surface area contributed by atoms with Gasteiger partial charge in [-0.15, -0.1) is 0 Å². The summed E-state index contributed by atoms with van der Waals surface area (Å²) in [6.45, 7) is 1.27. The van der Waals surface area contributed by atoms with Crippen LogP contribution in [0.1, 0.15) is 17.5 Å². The highest BCUT2D eigenvalue weighted by Crippen LogP contribution is 2.29. The first-order valence-corrected chi connectivity index (χ1v) is 6.56. The summed E-state index contributed by atoms with van der Waals surface area (Å²) in [5, 5.41) is 12.3. The van der Waals surface area contributed by atoms with Gasteiger partial charge in [-0.25, -0.2) is 0 Å². The number of nitrogens with one attached hydrogen (secondary N) is 1. The van der Waals surface area contributed by atoms with Gasteiger partial charge in [0.25, 0.3) is 0 Å². The van der Waals surface area contributed by atoms with E-state index in [4.69, 9.17) is 0 Å². The molecule has 1 aliphatic rings. The number of likely N-dealkylation sites (tertiary alicyclic amines) is 1. The predicted molar refractivity (Wildman–Crippen MR) is 70.8 cm³/mol. The number of halogens is 3. The molecule has 0 aliphatic carbocycles. The van der Waals surface area contributed by atoms with E-state index in [1.807, 2.05) is 11.9 Å². The number of rotatable bonds is 4. The third kappa shape index (κ3) is 3.54. The summed E-state index contributed by atoms with van der Waals surface area (Å²) >= 11 is 0. The smallest absolute Gasteiger partial charge is 0.416 e. The second kappa shape index (κ2) is 5.65. The highest BCUT2D eigenvalue weighted by Gasteiger charge is 2.43. The van der Waals surface area contributed by atoms with E-state index in [9.17, 15) is 23.1 Å². The summed E-state index contributed by atoms with van der Waals surface area (Å²) in [5.74, 6) is -0.932. The summed E-state index contributed by atoms with van der Waals surface area (Å²) in [5.41, 5.74) is -1.12. The first-order chi connectivity index (χ1) is 9.73. The normalized spacial score (nSPS) is 23.4. The van der Waals surface area contributed by atoms with E-state index in [0.29, 0.717) is 25.1 Å². The second-order valence-corrected chi connectivity index (χ2v) is 5.42. The fourth-order valence-electron chi connectivity index (χ4n) is 2.48. The molecular formula is C14H17F3N2O2. The van der Waals surface area contributed by atoms with Crippen molar-refractivity contribution in [3.63, 3.8) is 0 Å². The number of benzene rings is 1. The standard InChI is InChI=1S/C14H17F3N2O2/c1-19-7-6-13(9-19,12(20)21)18-8-10-2-4-11(5-3-10)14(15,16)17/h2-5,18H,6-9H2,1H3,(H,20,21). The van der Waals surface area contributed by atoms with Crippen molar-refractivity contribution in [1.82, 2.24) is 10.2 Å². The lowest BCUT2D eigenvalue weighted by Gasteiger charge is -2.25. The zero-order valence-electron chi connectivity index (χ0n) is 11.6. The van der Waals surface area contributed by atoms with E-state index in [2.05, 4.69) is 5.32 Å². The Balaban J connectivity index is 2.03. The molecule has 1 atom stereocenters. The molecule has 0 radical (unpaired) electrons. The predicted octanol–water partition coefficient (Wildman–Crippen LogP) is 1.95. The van der Waals surface area contributed by atoms with Gasteiger partial charge in [0.15, 0.2) is 0 Å². The van der Waals surface area contributed by atoms with Crippen LogP contribution in [0, 0.1) is 0 Å². The van der Waals surface area contributed by atoms with Gasteiger partial charge >= 0.3 is 12.1 Å². The molecule has 2 rings (SSSR count). The lowest BCUT2D eigenvalue weighted by molar-refractivity contribution is -0.144. The number of aliphatic carboxylic acids is 1. The highest BCUT2D eigenvalue weighted by molar-refractivity contribution is 5.79. The molecule has 0 saturated carbocycles. The Labute approximate surface area is 120 Å². The molecule has 0 bridgehead atoms. The molecule has 1 unspecified atom stereocenters. The van der Waals surface area contributed by atoms with Crippen molar-refractivity contribution < 1.29 is 23.1 Å². The number of hydrogen-bond donors (Lipinski definition) is 2. The highest BCUT2D eigenvalue weighted by atomic mass is 19.4. The molecule has 0 amide bonds. The minimum absolute atomic E-state index is 0.221. The van der Waals surface area contributed by atoms with E-state index in [1.54, 1.807) is 0 Å². The van der Waals surface area contributed by atoms with Crippen LogP contribution in [0.25, 0.3) is 0 Å². The van der Waals surface area contributed by atoms with E-state index in [-0.39, 0.29) is 6.54 Å². The van der Waals surface area contributed by atoms with Crippen molar-refractivity contribution in [3.8, 4) is 0 Å². The molecule has 1 aromatic rings. The molecule has 116 valence electrons. The summed E-state index contributed by atoms with van der Waals surface area (Å²) in [6, 6.07) is 4.74. The number of carboxylic acid groups (broad SMARTS) is 1. The first kappa shape index (κ1) is 15.8. The van der Waals surface area contributed by atoms with Crippen LogP contribution in [-0.4, -0.2) is 41.7 Å². The van der Waals surface area contributed by atoms with Crippen molar-refractivity contribution in [2.45, 2.75) is 24.7 Å². The molecule has 1 saturated heterocycles. The van der Waals surface area contributed by atoms with Gasteiger partial charge in [-0.3, -0.25) is 10.1 Å². The van der Waals surface area contributed by atoms with E-state index in [1.165, 1.54) is 12.1 Å². The number of nitrogens with zero attached hydrogens (tertiary/aromatic N) is 1. The van der Waals surface area contributed by atoms with Gasteiger partial charge in [0.2, 0.25) is 0 Å². The maximum atomic E-state index is 12.5. The van der Waals surface area contributed by atoms with E-state index in [0.717, 1.165) is 12.1 Å². The van der Waals surface area contributed by atoms with Crippen molar-refractivity contribution in [1.29, 1.82) is 0 Å². The Morgan fingerprint density at radius 2 is 2.00 bits per heavy atom. The average molecular weight is 302 g/mol. The van der Waals surface area contributed by atoms with Gasteiger partial charge in [0.1, 0.15) is 5.54 Å². The summed E-state index contributed by atoms with van der Waals surface area (Å²) in [7, 11) is 1.84. The Bertz CT molecular complexity index is 516. The lowest BCUT2D eigenvalue weighted by Crippen LogP contribution is -2.53. The molecular weight excluding hydrogens is 285 g/mol. The van der Waals surface area contributed by atoms with E-state index < -0.39 is 23.2 Å². The number of likely N-dealkylation sites (N-methyl/N-ethyl adjacent to an activating group) is 1. The summed E-state index contributed by atoms with van der Waals surface area (Å²) in [4.78, 5) is 13.3. The number of carboxylic acids is 1. The Morgan fingerprint density at radius 1 is 1.38 bits per heavy atom. The molecule has 0 spiro atoms. The minimum Gasteiger partial charge on any atom is -0.480 e. The number of alkyl halides is 3. The van der Waals surface area contributed by atoms with Crippen LogP contribution in [0.5, 0.6) is 0 Å². The van der Waals surface area contributed by atoms with Crippen molar-refractivity contribution in [2.24, 2.45) is 0 Å². The van der Waals surface area contributed by atoms with Gasteiger partial charge in [0, 0.05) is 19.6 Å². The van der Waals surface area contributed by atoms with Gasteiger partial charge in [0.05, 0.1) is 5.56 Å². The van der Waals surface area contributed by atoms with Crippen LogP contribution in [0.2, 0.25) is 0 Å². The third-order valence-electron chi connectivity index (χ3n) is 3.78. The number of hydrogen-bond acceptors (Lipinski definition) is 3. The maximum Gasteiger partial charge on any atom is 0.416 e. The molecule has 2 N–H and O–H groups in total. The fraction of sp³-hybridized carbons (Fsp3) is 0.500. The number of carbonyl (C=O) groups is 1. The Kier molecular flexibility index (Phi) is 4.25. The molecule has 0 aromatic heterocycles. The monoisotopic (exact) mass is 302 g/mol. The fourth-order valence-corrected chi connectivity index (χ4v) is 2.48. The Hall–Kier alpha value is -1.60. The SMILES string of the molecule is CN1CCC(NCc2ccc(C(F)(F)F)cc2)(C(=O)O)C1. The molecule has 4 nitrogen and oxygen atoms in total. The van der Waals surface area contributed by atoms with Gasteiger partial charge in [-0.1, -0.05) is 12.1 Å². The van der Waals surface area contributed by atoms with Crippen molar-refractivity contribution in [3.05, 3.63) is 35.4 Å². The van der Waals surface area contributed by atoms with Crippen LogP contribution < -0.4 is 5.32 Å². The van der Waals surface area contributed by atoms with Crippen molar-refractivity contribution >= 4 is 5.97 Å². The third-order valence-corrected chi connectivity index (χ3v) is 3.78. The topological polar surface area (TPSA) is 52.6 Å². The van der Waals surface area contributed by atoms with Gasteiger partial charge in [-0.05, 0) is 31.2 Å². The second-order valence-electron chi connectivity index (χ2n) is 5.42. The molecule has 1 fully saturated rings.